The fourth-order valence-electron chi connectivity index (χ4n) is 2.22. The highest BCUT2D eigenvalue weighted by Crippen LogP contribution is 2.21. The summed E-state index contributed by atoms with van der Waals surface area (Å²) >= 11 is 0. The third-order valence-electron chi connectivity index (χ3n) is 3.16. The van der Waals surface area contributed by atoms with E-state index in [1.165, 1.54) is 19.3 Å². The summed E-state index contributed by atoms with van der Waals surface area (Å²) in [7, 11) is 0. The zero-order valence-corrected chi connectivity index (χ0v) is 9.65. The standard InChI is InChI=1S/C12H16N4O/c1-2-7-13-9(4-1)8-17-11-6-3-5-10-12(11)15-16-14-10/h3,5-6,9,13H,1-2,4,7-8H2,(H,14,15,16). The molecule has 1 saturated heterocycles. The van der Waals surface area contributed by atoms with Crippen LogP contribution in [-0.4, -0.2) is 34.6 Å². The number of ether oxygens (including phenoxy) is 1. The minimum absolute atomic E-state index is 0.464. The minimum Gasteiger partial charge on any atom is -0.490 e. The van der Waals surface area contributed by atoms with Crippen LogP contribution in [0.3, 0.4) is 0 Å². The van der Waals surface area contributed by atoms with E-state index in [1.54, 1.807) is 0 Å². The van der Waals surface area contributed by atoms with Crippen molar-refractivity contribution >= 4 is 11.0 Å². The van der Waals surface area contributed by atoms with E-state index in [0.717, 1.165) is 23.3 Å². The molecule has 1 fully saturated rings. The van der Waals surface area contributed by atoms with Crippen LogP contribution in [-0.2, 0) is 0 Å². The Morgan fingerprint density at radius 2 is 2.29 bits per heavy atom. The van der Waals surface area contributed by atoms with Gasteiger partial charge in [0.2, 0.25) is 0 Å². The summed E-state index contributed by atoms with van der Waals surface area (Å²) in [5.74, 6) is 0.809. The van der Waals surface area contributed by atoms with Gasteiger partial charge in [0.25, 0.3) is 0 Å². The van der Waals surface area contributed by atoms with Gasteiger partial charge in [-0.25, -0.2) is 0 Å². The summed E-state index contributed by atoms with van der Waals surface area (Å²) in [5.41, 5.74) is 1.66. The van der Waals surface area contributed by atoms with Gasteiger partial charge in [-0.3, -0.25) is 0 Å². The van der Waals surface area contributed by atoms with Crippen LogP contribution in [0.2, 0.25) is 0 Å². The number of benzene rings is 1. The molecular formula is C12H16N4O. The summed E-state index contributed by atoms with van der Waals surface area (Å²) in [6.45, 7) is 1.80. The van der Waals surface area contributed by atoms with E-state index >= 15 is 0 Å². The minimum atomic E-state index is 0.464. The first-order chi connectivity index (χ1) is 8.43. The Hall–Kier alpha value is -1.62. The Morgan fingerprint density at radius 1 is 1.29 bits per heavy atom. The van der Waals surface area contributed by atoms with E-state index in [0.29, 0.717) is 12.6 Å². The number of aromatic nitrogens is 3. The van der Waals surface area contributed by atoms with E-state index in [1.807, 2.05) is 18.2 Å². The number of H-pyrrole nitrogens is 1. The van der Waals surface area contributed by atoms with Gasteiger partial charge in [0.05, 0.1) is 0 Å². The SMILES string of the molecule is c1cc(OCC2CCCCN2)c2n[nH]nc2c1. The molecule has 0 amide bonds. The Labute approximate surface area is 99.5 Å². The van der Waals surface area contributed by atoms with E-state index < -0.39 is 0 Å². The molecule has 1 unspecified atom stereocenters. The summed E-state index contributed by atoms with van der Waals surface area (Å²) in [6, 6.07) is 6.26. The average molecular weight is 232 g/mol. The summed E-state index contributed by atoms with van der Waals surface area (Å²) in [6.07, 6.45) is 3.75. The van der Waals surface area contributed by atoms with Crippen LogP contribution in [0, 0.1) is 0 Å². The molecule has 5 heteroatoms. The summed E-state index contributed by atoms with van der Waals surface area (Å²) < 4.78 is 5.83. The number of para-hydroxylation sites is 1. The van der Waals surface area contributed by atoms with Crippen LogP contribution in [0.5, 0.6) is 5.75 Å². The smallest absolute Gasteiger partial charge is 0.154 e. The fraction of sp³-hybridized carbons (Fsp3) is 0.500. The van der Waals surface area contributed by atoms with Gasteiger partial charge in [-0.2, -0.15) is 15.4 Å². The number of fused-ring (bicyclic) bond motifs is 1. The lowest BCUT2D eigenvalue weighted by Crippen LogP contribution is -2.38. The second-order valence-corrected chi connectivity index (χ2v) is 4.41. The molecule has 0 radical (unpaired) electrons. The third-order valence-corrected chi connectivity index (χ3v) is 3.16. The van der Waals surface area contributed by atoms with Crippen LogP contribution in [0.15, 0.2) is 18.2 Å². The molecule has 1 aromatic carbocycles. The van der Waals surface area contributed by atoms with Crippen molar-refractivity contribution in [2.24, 2.45) is 0 Å². The van der Waals surface area contributed by atoms with Gasteiger partial charge in [0, 0.05) is 6.04 Å². The molecule has 17 heavy (non-hydrogen) atoms. The van der Waals surface area contributed by atoms with Gasteiger partial charge >= 0.3 is 0 Å². The first kappa shape index (κ1) is 10.5. The van der Waals surface area contributed by atoms with Crippen molar-refractivity contribution < 1.29 is 4.74 Å². The molecule has 0 bridgehead atoms. The van der Waals surface area contributed by atoms with Crippen molar-refractivity contribution in [1.82, 2.24) is 20.7 Å². The molecule has 1 atom stereocenters. The van der Waals surface area contributed by atoms with Crippen molar-refractivity contribution in [2.75, 3.05) is 13.2 Å². The Balaban J connectivity index is 1.69. The van der Waals surface area contributed by atoms with Crippen molar-refractivity contribution in [3.63, 3.8) is 0 Å². The maximum Gasteiger partial charge on any atom is 0.154 e. The summed E-state index contributed by atoms with van der Waals surface area (Å²) in [5, 5.41) is 14.2. The molecule has 90 valence electrons. The lowest BCUT2D eigenvalue weighted by Gasteiger charge is -2.23. The quantitative estimate of drug-likeness (QED) is 0.841. The second-order valence-electron chi connectivity index (χ2n) is 4.41. The normalized spacial score (nSPS) is 20.6. The topological polar surface area (TPSA) is 62.8 Å². The zero-order chi connectivity index (χ0) is 11.5. The van der Waals surface area contributed by atoms with E-state index in [4.69, 9.17) is 4.74 Å². The van der Waals surface area contributed by atoms with Gasteiger partial charge < -0.3 is 10.1 Å². The average Bonchev–Trinajstić information content (AvgIpc) is 2.86. The van der Waals surface area contributed by atoms with Crippen LogP contribution < -0.4 is 10.1 Å². The second kappa shape index (κ2) is 4.71. The van der Waals surface area contributed by atoms with Gasteiger partial charge in [-0.05, 0) is 31.5 Å². The molecule has 0 aliphatic carbocycles. The number of hydrogen-bond donors (Lipinski definition) is 2. The van der Waals surface area contributed by atoms with Crippen molar-refractivity contribution in [3.05, 3.63) is 18.2 Å². The highest BCUT2D eigenvalue weighted by Gasteiger charge is 2.14. The molecule has 2 aromatic rings. The van der Waals surface area contributed by atoms with Gasteiger partial charge in [-0.1, -0.05) is 12.5 Å². The lowest BCUT2D eigenvalue weighted by molar-refractivity contribution is 0.241. The number of nitrogens with zero attached hydrogens (tertiary/aromatic N) is 2. The van der Waals surface area contributed by atoms with Gasteiger partial charge in [0.1, 0.15) is 17.9 Å². The van der Waals surface area contributed by atoms with E-state index in [2.05, 4.69) is 20.7 Å². The number of aromatic amines is 1. The molecule has 5 nitrogen and oxygen atoms in total. The Bertz CT molecular complexity index is 490. The predicted octanol–water partition coefficient (Wildman–Crippen LogP) is 1.48. The Morgan fingerprint density at radius 3 is 3.18 bits per heavy atom. The fourth-order valence-corrected chi connectivity index (χ4v) is 2.22. The number of nitrogens with one attached hydrogen (secondary N) is 2. The molecule has 1 aliphatic heterocycles. The van der Waals surface area contributed by atoms with Crippen molar-refractivity contribution in [3.8, 4) is 5.75 Å². The maximum atomic E-state index is 5.83. The number of hydrogen-bond acceptors (Lipinski definition) is 4. The van der Waals surface area contributed by atoms with Crippen LogP contribution in [0.1, 0.15) is 19.3 Å². The van der Waals surface area contributed by atoms with Gasteiger partial charge in [0.15, 0.2) is 5.52 Å². The molecule has 0 spiro atoms. The molecule has 3 rings (SSSR count). The van der Waals surface area contributed by atoms with E-state index in [9.17, 15) is 0 Å². The molecule has 1 aliphatic rings. The lowest BCUT2D eigenvalue weighted by atomic mass is 10.1. The number of piperidine rings is 1. The summed E-state index contributed by atoms with van der Waals surface area (Å²) in [4.78, 5) is 0. The largest absolute Gasteiger partial charge is 0.490 e. The van der Waals surface area contributed by atoms with Crippen molar-refractivity contribution in [2.45, 2.75) is 25.3 Å². The predicted molar refractivity (Wildman–Crippen MR) is 65.0 cm³/mol. The third kappa shape index (κ3) is 2.24. The number of rotatable bonds is 3. The van der Waals surface area contributed by atoms with E-state index in [-0.39, 0.29) is 0 Å². The van der Waals surface area contributed by atoms with Crippen LogP contribution >= 0.6 is 0 Å². The molecule has 1 aromatic heterocycles. The molecule has 2 heterocycles. The Kier molecular flexibility index (Phi) is 2.92. The first-order valence-corrected chi connectivity index (χ1v) is 6.09. The highest BCUT2D eigenvalue weighted by molar-refractivity contribution is 5.80. The van der Waals surface area contributed by atoms with Gasteiger partial charge in [-0.15, -0.1) is 0 Å². The maximum absolute atomic E-state index is 5.83. The monoisotopic (exact) mass is 232 g/mol. The zero-order valence-electron chi connectivity index (χ0n) is 9.65. The van der Waals surface area contributed by atoms with Crippen LogP contribution in [0.4, 0.5) is 0 Å². The molecular weight excluding hydrogens is 216 g/mol. The van der Waals surface area contributed by atoms with Crippen LogP contribution in [0.25, 0.3) is 11.0 Å². The molecule has 2 N–H and O–H groups in total. The van der Waals surface area contributed by atoms with Crippen molar-refractivity contribution in [1.29, 1.82) is 0 Å². The molecule has 0 saturated carbocycles. The highest BCUT2D eigenvalue weighted by atomic mass is 16.5. The first-order valence-electron chi connectivity index (χ1n) is 6.09.